The largest absolute Gasteiger partial charge is 0.440 e. The van der Waals surface area contributed by atoms with E-state index in [0.29, 0.717) is 23.9 Å². The van der Waals surface area contributed by atoms with E-state index in [1.807, 2.05) is 42.6 Å². The van der Waals surface area contributed by atoms with Gasteiger partial charge in [0.1, 0.15) is 11.6 Å². The van der Waals surface area contributed by atoms with Crippen molar-refractivity contribution in [1.29, 1.82) is 0 Å². The Morgan fingerprint density at radius 3 is 2.85 bits per heavy atom. The minimum atomic E-state index is -0.0307. The molecule has 0 bridgehead atoms. The standard InChI is InChI=1S/C19H22N4O2S/c1-14-15(23-19(25-14)16-7-6-12-26-16)13-18(24)22-11-5-4-10-21-17-8-2-3-9-20-17/h2-3,6-9,12H,4-5,10-11,13H2,1H3,(H,20,21)(H,22,24). The average Bonchev–Trinajstić information content (AvgIpc) is 3.29. The smallest absolute Gasteiger partial charge is 0.236 e. The molecule has 26 heavy (non-hydrogen) atoms. The van der Waals surface area contributed by atoms with Crippen LogP contribution in [0.2, 0.25) is 0 Å². The SMILES string of the molecule is Cc1oc(-c2cccs2)nc1CC(=O)NCCCCNc1ccccn1. The molecule has 2 N–H and O–H groups in total. The molecule has 0 unspecified atom stereocenters. The van der Waals surface area contributed by atoms with Crippen LogP contribution in [0.3, 0.4) is 0 Å². The summed E-state index contributed by atoms with van der Waals surface area (Å²) in [4.78, 5) is 21.7. The highest BCUT2D eigenvalue weighted by atomic mass is 32.1. The Balaban J connectivity index is 1.35. The van der Waals surface area contributed by atoms with E-state index in [2.05, 4.69) is 20.6 Å². The molecule has 0 aromatic carbocycles. The molecule has 3 rings (SSSR count). The van der Waals surface area contributed by atoms with Crippen LogP contribution in [0.4, 0.5) is 5.82 Å². The summed E-state index contributed by atoms with van der Waals surface area (Å²) in [6.45, 7) is 3.33. The molecule has 0 aliphatic rings. The number of amides is 1. The van der Waals surface area contributed by atoms with Gasteiger partial charge in [-0.2, -0.15) is 0 Å². The maximum atomic E-state index is 12.1. The van der Waals surface area contributed by atoms with Gasteiger partial charge in [0, 0.05) is 19.3 Å². The van der Waals surface area contributed by atoms with Gasteiger partial charge in [0.2, 0.25) is 11.8 Å². The van der Waals surface area contributed by atoms with Crippen molar-refractivity contribution in [1.82, 2.24) is 15.3 Å². The highest BCUT2D eigenvalue weighted by Gasteiger charge is 2.14. The van der Waals surface area contributed by atoms with E-state index in [1.54, 1.807) is 17.5 Å². The molecule has 136 valence electrons. The molecule has 0 atom stereocenters. The number of thiophene rings is 1. The summed E-state index contributed by atoms with van der Waals surface area (Å²) >= 11 is 1.57. The van der Waals surface area contributed by atoms with Crippen LogP contribution < -0.4 is 10.6 Å². The minimum absolute atomic E-state index is 0.0307. The van der Waals surface area contributed by atoms with Crippen LogP contribution in [-0.4, -0.2) is 29.0 Å². The van der Waals surface area contributed by atoms with Crippen LogP contribution >= 0.6 is 11.3 Å². The van der Waals surface area contributed by atoms with Crippen molar-refractivity contribution in [3.8, 4) is 10.8 Å². The molecular formula is C19H22N4O2S. The fourth-order valence-electron chi connectivity index (χ4n) is 2.47. The number of hydrogen-bond acceptors (Lipinski definition) is 6. The second-order valence-electron chi connectivity index (χ2n) is 5.87. The van der Waals surface area contributed by atoms with Crippen molar-refractivity contribution in [3.05, 3.63) is 53.4 Å². The normalized spacial score (nSPS) is 10.7. The first kappa shape index (κ1) is 18.1. The number of carbonyl (C=O) groups excluding carboxylic acids is 1. The summed E-state index contributed by atoms with van der Waals surface area (Å²) in [5.74, 6) is 2.13. The van der Waals surface area contributed by atoms with E-state index in [1.165, 1.54) is 0 Å². The Morgan fingerprint density at radius 2 is 2.08 bits per heavy atom. The summed E-state index contributed by atoms with van der Waals surface area (Å²) in [5.41, 5.74) is 0.697. The van der Waals surface area contributed by atoms with Crippen LogP contribution in [0.5, 0.6) is 0 Å². The quantitative estimate of drug-likeness (QED) is 0.562. The van der Waals surface area contributed by atoms with Crippen molar-refractivity contribution in [2.24, 2.45) is 0 Å². The van der Waals surface area contributed by atoms with Crippen molar-refractivity contribution < 1.29 is 9.21 Å². The highest BCUT2D eigenvalue weighted by molar-refractivity contribution is 7.13. The first-order chi connectivity index (χ1) is 12.7. The number of unbranched alkanes of at least 4 members (excludes halogenated alkanes) is 1. The van der Waals surface area contributed by atoms with Gasteiger partial charge in [-0.25, -0.2) is 9.97 Å². The molecule has 6 nitrogen and oxygen atoms in total. The number of oxazole rings is 1. The Labute approximate surface area is 156 Å². The highest BCUT2D eigenvalue weighted by Crippen LogP contribution is 2.25. The molecule has 3 aromatic rings. The number of carbonyl (C=O) groups is 1. The molecule has 0 aliphatic carbocycles. The summed E-state index contributed by atoms with van der Waals surface area (Å²) < 4.78 is 5.66. The van der Waals surface area contributed by atoms with Crippen molar-refractivity contribution >= 4 is 23.1 Å². The lowest BCUT2D eigenvalue weighted by molar-refractivity contribution is -0.120. The van der Waals surface area contributed by atoms with Crippen LogP contribution in [0.25, 0.3) is 10.8 Å². The molecule has 1 amide bonds. The predicted octanol–water partition coefficient (Wildman–Crippen LogP) is 3.66. The third-order valence-electron chi connectivity index (χ3n) is 3.85. The number of aromatic nitrogens is 2. The van der Waals surface area contributed by atoms with Gasteiger partial charge in [0.05, 0.1) is 17.0 Å². The van der Waals surface area contributed by atoms with Gasteiger partial charge >= 0.3 is 0 Å². The lowest BCUT2D eigenvalue weighted by Gasteiger charge is -2.06. The zero-order chi connectivity index (χ0) is 18.2. The Hall–Kier alpha value is -2.67. The fraction of sp³-hybridized carbons (Fsp3) is 0.316. The molecule has 0 radical (unpaired) electrons. The maximum Gasteiger partial charge on any atom is 0.236 e. The number of hydrogen-bond donors (Lipinski definition) is 2. The summed E-state index contributed by atoms with van der Waals surface area (Å²) in [7, 11) is 0. The molecular weight excluding hydrogens is 348 g/mol. The number of aryl methyl sites for hydroxylation is 1. The third kappa shape index (κ3) is 5.16. The Kier molecular flexibility index (Phi) is 6.38. The molecule has 3 aromatic heterocycles. The number of rotatable bonds is 9. The zero-order valence-electron chi connectivity index (χ0n) is 14.7. The summed E-state index contributed by atoms with van der Waals surface area (Å²) in [6, 6.07) is 9.69. The van der Waals surface area contributed by atoms with Gasteiger partial charge in [-0.15, -0.1) is 11.3 Å². The molecule has 7 heteroatoms. The maximum absolute atomic E-state index is 12.1. The fourth-order valence-corrected chi connectivity index (χ4v) is 3.12. The first-order valence-corrected chi connectivity index (χ1v) is 9.52. The lowest BCUT2D eigenvalue weighted by atomic mass is 10.2. The number of nitrogens with zero attached hydrogens (tertiary/aromatic N) is 2. The van der Waals surface area contributed by atoms with E-state index in [-0.39, 0.29) is 12.3 Å². The molecule has 0 saturated carbocycles. The molecule has 0 aliphatic heterocycles. The van der Waals surface area contributed by atoms with E-state index in [9.17, 15) is 4.79 Å². The van der Waals surface area contributed by atoms with E-state index >= 15 is 0 Å². The van der Waals surface area contributed by atoms with Crippen molar-refractivity contribution in [3.63, 3.8) is 0 Å². The van der Waals surface area contributed by atoms with E-state index in [0.717, 1.165) is 30.1 Å². The second kappa shape index (κ2) is 9.15. The third-order valence-corrected chi connectivity index (χ3v) is 4.71. The van der Waals surface area contributed by atoms with Crippen molar-refractivity contribution in [2.45, 2.75) is 26.2 Å². The molecule has 0 fully saturated rings. The van der Waals surface area contributed by atoms with Crippen molar-refractivity contribution in [2.75, 3.05) is 18.4 Å². The van der Waals surface area contributed by atoms with Gasteiger partial charge < -0.3 is 15.1 Å². The molecule has 3 heterocycles. The van der Waals surface area contributed by atoms with E-state index < -0.39 is 0 Å². The van der Waals surface area contributed by atoms with Gasteiger partial charge in [0.25, 0.3) is 0 Å². The number of pyridine rings is 1. The summed E-state index contributed by atoms with van der Waals surface area (Å²) in [6.07, 6.45) is 3.87. The van der Waals surface area contributed by atoms with Gasteiger partial charge in [-0.05, 0) is 43.3 Å². The Morgan fingerprint density at radius 1 is 1.19 bits per heavy atom. The van der Waals surface area contributed by atoms with Gasteiger partial charge in [-0.3, -0.25) is 4.79 Å². The van der Waals surface area contributed by atoms with Crippen LogP contribution in [0, 0.1) is 6.92 Å². The number of nitrogens with one attached hydrogen (secondary N) is 2. The summed E-state index contributed by atoms with van der Waals surface area (Å²) in [5, 5.41) is 8.17. The second-order valence-corrected chi connectivity index (χ2v) is 6.82. The molecule has 0 saturated heterocycles. The predicted molar refractivity (Wildman–Crippen MR) is 103 cm³/mol. The van der Waals surface area contributed by atoms with E-state index in [4.69, 9.17) is 4.42 Å². The first-order valence-electron chi connectivity index (χ1n) is 8.64. The zero-order valence-corrected chi connectivity index (χ0v) is 15.5. The Bertz CT molecular complexity index is 815. The van der Waals surface area contributed by atoms with Crippen LogP contribution in [0.1, 0.15) is 24.3 Å². The number of anilines is 1. The van der Waals surface area contributed by atoms with Crippen LogP contribution in [0.15, 0.2) is 46.3 Å². The lowest BCUT2D eigenvalue weighted by Crippen LogP contribution is -2.26. The monoisotopic (exact) mass is 370 g/mol. The average molecular weight is 370 g/mol. The topological polar surface area (TPSA) is 80.0 Å². The molecule has 0 spiro atoms. The van der Waals surface area contributed by atoms with Gasteiger partial charge in [0.15, 0.2) is 0 Å². The van der Waals surface area contributed by atoms with Gasteiger partial charge in [-0.1, -0.05) is 12.1 Å². The minimum Gasteiger partial charge on any atom is -0.440 e. The van der Waals surface area contributed by atoms with Crippen LogP contribution in [-0.2, 0) is 11.2 Å².